The molecule has 32 nitrogen and oxygen atoms in total. The van der Waals surface area contributed by atoms with E-state index >= 15 is 0 Å². The fourth-order valence-electron chi connectivity index (χ4n) is 17.1. The van der Waals surface area contributed by atoms with E-state index in [1.165, 1.54) is 74.5 Å². The molecule has 6 aliphatic heterocycles. The summed E-state index contributed by atoms with van der Waals surface area (Å²) in [4.78, 5) is 210. The number of amides is 1. The van der Waals surface area contributed by atoms with Crippen molar-refractivity contribution in [2.24, 2.45) is 10.8 Å². The molecule has 0 aromatic heterocycles. The quantitative estimate of drug-likeness (QED) is 0.00830. The number of nitrogens with zero attached hydrogens (tertiary/aromatic N) is 1. The molecule has 7 aromatic carbocycles. The Balaban J connectivity index is 0.000000211. The maximum atomic E-state index is 12.3. The molecule has 7 N–H and O–H groups in total. The van der Waals surface area contributed by atoms with Gasteiger partial charge in [0.15, 0.2) is 57.8 Å². The Morgan fingerprint density at radius 2 is 0.611 bits per heavy atom. The van der Waals surface area contributed by atoms with Gasteiger partial charge in [-0.15, -0.1) is 0 Å². The van der Waals surface area contributed by atoms with E-state index in [0.717, 1.165) is 33.4 Å². The summed E-state index contributed by atoms with van der Waals surface area (Å²) in [5.74, 6) is -2.51. The second-order valence-electron chi connectivity index (χ2n) is 38.7. The topological polar surface area (TPSA) is 520 Å². The summed E-state index contributed by atoms with van der Waals surface area (Å²) in [5.41, 5.74) is 6.86. The zero-order valence-corrected chi connectivity index (χ0v) is 83.6. The van der Waals surface area contributed by atoms with Crippen molar-refractivity contribution >= 4 is 147 Å². The third-order valence-corrected chi connectivity index (χ3v) is 24.8. The molecule has 0 saturated carbocycles. The number of hydrogen-bond donors (Lipinski definition) is 7. The lowest BCUT2D eigenvalue weighted by atomic mass is 9.64. The van der Waals surface area contributed by atoms with Gasteiger partial charge in [-0.1, -0.05) is 124 Å². The number of allylic oxidation sites excluding steroid dienone is 2. The highest BCUT2D eigenvalue weighted by Crippen LogP contribution is 2.44. The van der Waals surface area contributed by atoms with Crippen molar-refractivity contribution < 1.29 is 144 Å². The van der Waals surface area contributed by atoms with Crippen LogP contribution < -0.4 is 33.2 Å². The number of Topliss-reactive ketones (excluding diaryl/α,β-unsaturated/α-hetero) is 15. The van der Waals surface area contributed by atoms with Crippen LogP contribution in [0.1, 0.15) is 293 Å². The van der Waals surface area contributed by atoms with Crippen LogP contribution in [0.25, 0.3) is 0 Å². The minimum absolute atomic E-state index is 0.0349. The van der Waals surface area contributed by atoms with Crippen LogP contribution in [0.4, 0.5) is 0 Å². The fourth-order valence-corrected chi connectivity index (χ4v) is 17.1. The molecule has 6 atom stereocenters. The number of rotatable bonds is 36. The van der Waals surface area contributed by atoms with Crippen molar-refractivity contribution in [2.75, 3.05) is 6.54 Å². The summed E-state index contributed by atoms with van der Waals surface area (Å²) in [7, 11) is -6.87. The zero-order valence-electron chi connectivity index (χ0n) is 83.6. The highest BCUT2D eigenvalue weighted by molar-refractivity contribution is 6.49. The van der Waals surface area contributed by atoms with Crippen molar-refractivity contribution in [1.29, 1.82) is 5.26 Å². The Morgan fingerprint density at radius 1 is 0.340 bits per heavy atom. The molecule has 7 aromatic rings. The van der Waals surface area contributed by atoms with Crippen LogP contribution in [0.15, 0.2) is 152 Å². The number of benzene rings is 7. The third-order valence-electron chi connectivity index (χ3n) is 24.8. The Bertz CT molecular complexity index is 6080. The predicted octanol–water partition coefficient (Wildman–Crippen LogP) is 13.4. The first-order valence-electron chi connectivity index (χ1n) is 47.8. The van der Waals surface area contributed by atoms with Crippen LogP contribution in [-0.4, -0.2) is 184 Å². The lowest BCUT2D eigenvalue weighted by Crippen LogP contribution is -2.37. The lowest BCUT2D eigenvalue weighted by molar-refractivity contribution is -0.129. The van der Waals surface area contributed by atoms with Crippen LogP contribution in [0.2, 0.25) is 34.9 Å². The van der Waals surface area contributed by atoms with E-state index in [4.69, 9.17) is 33.2 Å². The maximum Gasteiger partial charge on any atom is 0.526 e. The average Bonchev–Trinajstić information content (AvgIpc) is 0.815. The van der Waals surface area contributed by atoms with Gasteiger partial charge >= 0.3 is 42.7 Å². The molecule has 13 rings (SSSR count). The first-order chi connectivity index (χ1) is 67.8. The van der Waals surface area contributed by atoms with E-state index in [9.17, 15) is 116 Å². The molecule has 0 bridgehead atoms. The minimum atomic E-state index is -1.18. The SMILES string of the molecule is CC(=O)/C=C/C(=O)C[C@H]1Cc2cccc(C(C)=O)c2OB1O.CC(=O)CC(=O)CCC(=O)C[C@H]1Cc2cccc(C(C)=O)c2OB1O.CC(=O)NCC(=O)C[C@H]1Cc2cccc(C(C)=O)c2OB1O.CC(=O)c1cccc2c1OB(O)[C@@H](CC(=O)CC(C)(C)C#N)C2.CC(=O)c1cccc2c1OB(O)[C@@H](CC(=O)CCC(=O)C(C)(C)C)C2.CC(=O)c1cccc2c1OB(O)[C@@H](CC(=O)CCC(=O)c1ccccc1)C2. The molecule has 0 spiro atoms. The average molecular weight is 1970 g/mol. The summed E-state index contributed by atoms with van der Waals surface area (Å²) in [5, 5.41) is 72.4. The number of carbonyl (C=O) groups is 18. The van der Waals surface area contributed by atoms with Crippen LogP contribution >= 0.6 is 0 Å². The van der Waals surface area contributed by atoms with E-state index in [0.29, 0.717) is 112 Å². The summed E-state index contributed by atoms with van der Waals surface area (Å²) in [6.45, 7) is 21.6. The van der Waals surface area contributed by atoms with Crippen molar-refractivity contribution in [3.63, 3.8) is 0 Å². The van der Waals surface area contributed by atoms with Gasteiger partial charge in [0.05, 0.1) is 57.8 Å². The summed E-state index contributed by atoms with van der Waals surface area (Å²) < 4.78 is 33.0. The number of ketones is 17. The summed E-state index contributed by atoms with van der Waals surface area (Å²) in [6.07, 6.45) is 6.60. The van der Waals surface area contributed by atoms with Crippen LogP contribution in [0, 0.1) is 22.2 Å². The molecule has 0 aliphatic carbocycles. The lowest BCUT2D eigenvalue weighted by Gasteiger charge is -2.28. The highest BCUT2D eigenvalue weighted by Gasteiger charge is 2.45. The Hall–Kier alpha value is -13.4. The largest absolute Gasteiger partial charge is 0.535 e. The molecule has 6 heterocycles. The monoisotopic (exact) mass is 1970 g/mol. The van der Waals surface area contributed by atoms with E-state index in [2.05, 4.69) is 11.4 Å². The van der Waals surface area contributed by atoms with E-state index in [-0.39, 0.29) is 218 Å². The molecule has 144 heavy (non-hydrogen) atoms. The van der Waals surface area contributed by atoms with Gasteiger partial charge in [-0.25, -0.2) is 0 Å². The van der Waals surface area contributed by atoms with Gasteiger partial charge in [0.2, 0.25) is 5.91 Å². The van der Waals surface area contributed by atoms with Gasteiger partial charge in [0, 0.05) is 136 Å². The summed E-state index contributed by atoms with van der Waals surface area (Å²) >= 11 is 0. The standard InChI is InChI=1S/C21H21BO5.C19H25BO5.C18H21BO6.C17H20BNO4.C16H17BO5.C15H18BNO5/c1-14(23)19-9-5-8-16-12-17(22(26)27-21(16)19)13-18(24)10-11-20(25)15-6-3-2-4-7-15;1-12(21)16-7-5-6-13-10-14(20(24)25-18(13)16)11-15(22)8-9-17(23)19(2,3)4;1-11(20)8-15(22)6-7-16(23)10-14-9-13-4-3-5-17(12(2)21)18(13)25-19(14)24;1-11(20)15-6-4-5-12-7-13(18(22)23-16(12)15)8-14(21)9-17(2,3)10-19;1-10(18)6-7-14(20)9-13-8-12-4-3-5-15(11(2)19)16(12)22-17(13)21;1-9(18)14-5-3-4-11-6-12(16(21)22-15(11)14)7-13(20)8-17-10(2)19/h2-9,17,26H,10-13H2,1H3;5-7,14,24H,8-11H2,1-4H3;3-5,14,24H,6-10H2,1-2H3;4-6,13,22H,7-9H2,1-3H3;3-7,13,21H,8-9H2,1-2H3;3-5,12,21H,6-8H2,1-2H3,(H,17,19)/b;;;;7-6+;/t17-;2*14-;2*13-;12-/m111111/s1. The fraction of sp³-hybridized carbons (Fsp3) is 0.406. The van der Waals surface area contributed by atoms with Crippen molar-refractivity contribution in [3.05, 3.63) is 224 Å². The Labute approximate surface area is 839 Å². The van der Waals surface area contributed by atoms with Crippen LogP contribution in [0.3, 0.4) is 0 Å². The number of carbonyl (C=O) groups excluding carboxylic acids is 18. The first kappa shape index (κ1) is 116. The second kappa shape index (κ2) is 53.8. The highest BCUT2D eigenvalue weighted by atomic mass is 16.5. The van der Waals surface area contributed by atoms with E-state index < -0.39 is 71.0 Å². The van der Waals surface area contributed by atoms with Gasteiger partial charge in [-0.05, 0) is 190 Å². The number of hydrogen-bond acceptors (Lipinski definition) is 31. The van der Waals surface area contributed by atoms with Gasteiger partial charge < -0.3 is 63.4 Å². The number of para-hydroxylation sites is 6. The van der Waals surface area contributed by atoms with Crippen molar-refractivity contribution in [3.8, 4) is 40.6 Å². The first-order valence-corrected chi connectivity index (χ1v) is 47.8. The van der Waals surface area contributed by atoms with Gasteiger partial charge in [-0.2, -0.15) is 5.26 Å². The molecular formula is C106H122B6N2O30. The molecule has 6 aliphatic rings. The summed E-state index contributed by atoms with van der Waals surface area (Å²) in [6, 6.07) is 42.4. The van der Waals surface area contributed by atoms with E-state index in [1.54, 1.807) is 111 Å². The van der Waals surface area contributed by atoms with Gasteiger partial charge in [0.1, 0.15) is 75.0 Å². The smallest absolute Gasteiger partial charge is 0.526 e. The second-order valence-corrected chi connectivity index (χ2v) is 38.7. The molecule has 0 unspecified atom stereocenters. The Kier molecular flexibility index (Phi) is 43.3. The molecule has 0 saturated heterocycles. The molecular weight excluding hydrogens is 1850 g/mol. The predicted molar refractivity (Wildman–Crippen MR) is 539 cm³/mol. The van der Waals surface area contributed by atoms with Gasteiger partial charge in [0.25, 0.3) is 0 Å². The molecule has 38 heteroatoms. The van der Waals surface area contributed by atoms with Gasteiger partial charge in [-0.3, -0.25) is 86.3 Å². The molecule has 1 amide bonds. The maximum absolute atomic E-state index is 12.3. The number of nitriles is 1. The molecule has 0 fully saturated rings. The van der Waals surface area contributed by atoms with Crippen molar-refractivity contribution in [2.45, 2.75) is 260 Å². The molecule has 0 radical (unpaired) electrons. The van der Waals surface area contributed by atoms with E-state index in [1.807, 2.05) is 63.2 Å². The minimum Gasteiger partial charge on any atom is -0.535 e. The van der Waals surface area contributed by atoms with Crippen LogP contribution in [0.5, 0.6) is 34.5 Å². The third kappa shape index (κ3) is 34.7. The van der Waals surface area contributed by atoms with Crippen LogP contribution in [-0.2, 0) is 91.3 Å². The number of nitrogens with one attached hydrogen (secondary N) is 1. The zero-order chi connectivity index (χ0) is 106. The van der Waals surface area contributed by atoms with Crippen molar-refractivity contribution in [1.82, 2.24) is 5.32 Å². The normalized spacial score (nSPS) is 16.5. The number of fused-ring (bicyclic) bond motifs is 6. The Morgan fingerprint density at radius 3 is 0.882 bits per heavy atom. The molecule has 754 valence electrons.